The van der Waals surface area contributed by atoms with Crippen molar-refractivity contribution in [3.05, 3.63) is 41.5 Å². The molecule has 0 amide bonds. The molecular weight excluding hydrogens is 378 g/mol. The van der Waals surface area contributed by atoms with E-state index in [9.17, 15) is 0 Å². The van der Waals surface area contributed by atoms with Crippen LogP contribution in [0, 0.1) is 5.92 Å². The van der Waals surface area contributed by atoms with Crippen LogP contribution in [-0.4, -0.2) is 47.4 Å². The van der Waals surface area contributed by atoms with Gasteiger partial charge in [-0.1, -0.05) is 17.3 Å². The molecule has 1 aromatic carbocycles. The lowest BCUT2D eigenvalue weighted by Crippen LogP contribution is -2.33. The van der Waals surface area contributed by atoms with Crippen molar-refractivity contribution in [2.45, 2.75) is 70.9 Å². The van der Waals surface area contributed by atoms with Crippen LogP contribution in [0.15, 0.2) is 28.8 Å². The third-order valence-corrected chi connectivity index (χ3v) is 6.24. The lowest BCUT2D eigenvalue weighted by Gasteiger charge is -2.31. The Bertz CT molecular complexity index is 760. The van der Waals surface area contributed by atoms with Crippen LogP contribution in [0.25, 0.3) is 0 Å². The number of aromatic nitrogens is 2. The summed E-state index contributed by atoms with van der Waals surface area (Å²) < 4.78 is 16.7. The molecule has 2 aliphatic rings. The van der Waals surface area contributed by atoms with Crippen LogP contribution in [0.2, 0.25) is 0 Å². The van der Waals surface area contributed by atoms with E-state index in [1.165, 1.54) is 18.4 Å². The predicted molar refractivity (Wildman–Crippen MR) is 116 cm³/mol. The average molecular weight is 414 g/mol. The molecule has 1 aromatic heterocycles. The van der Waals surface area contributed by atoms with Crippen LogP contribution < -0.4 is 4.74 Å². The number of aryl methyl sites for hydroxylation is 1. The number of rotatable bonds is 8. The summed E-state index contributed by atoms with van der Waals surface area (Å²) in [6, 6.07) is 8.55. The van der Waals surface area contributed by atoms with Crippen molar-refractivity contribution in [3.8, 4) is 5.75 Å². The third-order valence-electron chi connectivity index (χ3n) is 6.24. The van der Waals surface area contributed by atoms with Gasteiger partial charge in [0.1, 0.15) is 5.75 Å². The topological polar surface area (TPSA) is 60.6 Å². The fraction of sp³-hybridized carbons (Fsp3) is 0.667. The molecule has 0 saturated carbocycles. The Morgan fingerprint density at radius 1 is 1.07 bits per heavy atom. The molecule has 6 nitrogen and oxygen atoms in total. The molecule has 0 unspecified atom stereocenters. The standard InChI is InChI=1S/C24H35N3O3/c1-18(2)29-22-6-3-20(4-7-22)17-27-13-9-19(10-14-27)5-8-23-25-24(30-26-23)21-11-15-28-16-12-21/h3-4,6-7,18-19,21H,5,8-17H2,1-2H3. The van der Waals surface area contributed by atoms with E-state index in [0.717, 1.165) is 81.9 Å². The van der Waals surface area contributed by atoms with Gasteiger partial charge in [0.15, 0.2) is 5.82 Å². The largest absolute Gasteiger partial charge is 0.491 e. The van der Waals surface area contributed by atoms with Crippen LogP contribution in [0.3, 0.4) is 0 Å². The quantitative estimate of drug-likeness (QED) is 0.630. The van der Waals surface area contributed by atoms with E-state index in [-0.39, 0.29) is 6.10 Å². The first-order valence-corrected chi connectivity index (χ1v) is 11.5. The molecule has 0 atom stereocenters. The normalized spacial score (nSPS) is 19.4. The summed E-state index contributed by atoms with van der Waals surface area (Å²) in [6.45, 7) is 9.06. The molecule has 2 aromatic rings. The van der Waals surface area contributed by atoms with Crippen LogP contribution >= 0.6 is 0 Å². The lowest BCUT2D eigenvalue weighted by atomic mass is 9.92. The molecule has 3 heterocycles. The van der Waals surface area contributed by atoms with Crippen LogP contribution in [0.5, 0.6) is 5.75 Å². The molecule has 0 bridgehead atoms. The maximum Gasteiger partial charge on any atom is 0.229 e. The van der Waals surface area contributed by atoms with Gasteiger partial charge in [-0.05, 0) is 82.7 Å². The molecule has 164 valence electrons. The zero-order valence-corrected chi connectivity index (χ0v) is 18.4. The number of nitrogens with zero attached hydrogens (tertiary/aromatic N) is 3. The predicted octanol–water partition coefficient (Wildman–Crippen LogP) is 4.60. The molecule has 2 saturated heterocycles. The highest BCUT2D eigenvalue weighted by Crippen LogP contribution is 2.27. The minimum absolute atomic E-state index is 0.218. The summed E-state index contributed by atoms with van der Waals surface area (Å²) in [5.41, 5.74) is 1.36. The van der Waals surface area contributed by atoms with Gasteiger partial charge in [0.25, 0.3) is 0 Å². The van der Waals surface area contributed by atoms with Gasteiger partial charge >= 0.3 is 0 Å². The number of hydrogen-bond acceptors (Lipinski definition) is 6. The molecule has 0 radical (unpaired) electrons. The molecule has 30 heavy (non-hydrogen) atoms. The Morgan fingerprint density at radius 3 is 2.50 bits per heavy atom. The second-order valence-corrected chi connectivity index (χ2v) is 9.00. The minimum atomic E-state index is 0.218. The summed E-state index contributed by atoms with van der Waals surface area (Å²) in [4.78, 5) is 7.22. The van der Waals surface area contributed by atoms with Gasteiger partial charge in [-0.2, -0.15) is 4.98 Å². The molecule has 4 rings (SSSR count). The maximum absolute atomic E-state index is 5.74. The first kappa shape index (κ1) is 21.3. The zero-order chi connectivity index (χ0) is 20.8. The summed E-state index contributed by atoms with van der Waals surface area (Å²) in [7, 11) is 0. The molecule has 2 fully saturated rings. The zero-order valence-electron chi connectivity index (χ0n) is 18.4. The highest BCUT2D eigenvalue weighted by Gasteiger charge is 2.23. The third kappa shape index (κ3) is 6.05. The van der Waals surface area contributed by atoms with Crippen LogP contribution in [-0.2, 0) is 17.7 Å². The Hall–Kier alpha value is -1.92. The van der Waals surface area contributed by atoms with Crippen LogP contribution in [0.1, 0.15) is 69.1 Å². The maximum atomic E-state index is 5.74. The number of hydrogen-bond donors (Lipinski definition) is 0. The fourth-order valence-corrected chi connectivity index (χ4v) is 4.45. The molecule has 6 heteroatoms. The number of piperidine rings is 1. The summed E-state index contributed by atoms with van der Waals surface area (Å²) in [5.74, 6) is 3.78. The van der Waals surface area contributed by atoms with Gasteiger partial charge < -0.3 is 14.0 Å². The summed E-state index contributed by atoms with van der Waals surface area (Å²) in [6.07, 6.45) is 6.78. The van der Waals surface area contributed by atoms with Crippen molar-refractivity contribution < 1.29 is 14.0 Å². The Morgan fingerprint density at radius 2 is 1.80 bits per heavy atom. The lowest BCUT2D eigenvalue weighted by molar-refractivity contribution is 0.0778. The van der Waals surface area contributed by atoms with Crippen LogP contribution in [0.4, 0.5) is 0 Å². The molecule has 0 aliphatic carbocycles. The first-order valence-electron chi connectivity index (χ1n) is 11.5. The average Bonchev–Trinajstić information content (AvgIpc) is 3.24. The number of ether oxygens (including phenoxy) is 2. The molecule has 2 aliphatic heterocycles. The SMILES string of the molecule is CC(C)Oc1ccc(CN2CCC(CCc3noc(C4CCOCC4)n3)CC2)cc1. The van der Waals surface area contributed by atoms with Gasteiger partial charge in [-0.25, -0.2) is 0 Å². The van der Waals surface area contributed by atoms with Gasteiger partial charge in [0.2, 0.25) is 5.89 Å². The Labute approximate surface area is 179 Å². The monoisotopic (exact) mass is 413 g/mol. The van der Waals surface area contributed by atoms with E-state index in [1.54, 1.807) is 0 Å². The number of likely N-dealkylation sites (tertiary alicyclic amines) is 1. The fourth-order valence-electron chi connectivity index (χ4n) is 4.45. The minimum Gasteiger partial charge on any atom is -0.491 e. The van der Waals surface area contributed by atoms with Gasteiger partial charge in [0.05, 0.1) is 6.10 Å². The van der Waals surface area contributed by atoms with Gasteiger partial charge in [0, 0.05) is 32.1 Å². The molecule has 0 N–H and O–H groups in total. The van der Waals surface area contributed by atoms with E-state index >= 15 is 0 Å². The Kier molecular flexibility index (Phi) is 7.39. The van der Waals surface area contributed by atoms with Crippen molar-refractivity contribution >= 4 is 0 Å². The molecule has 0 spiro atoms. The number of benzene rings is 1. The van der Waals surface area contributed by atoms with E-state index in [1.807, 2.05) is 0 Å². The van der Waals surface area contributed by atoms with Crippen molar-refractivity contribution in [2.24, 2.45) is 5.92 Å². The highest BCUT2D eigenvalue weighted by atomic mass is 16.5. The molecular formula is C24H35N3O3. The highest BCUT2D eigenvalue weighted by molar-refractivity contribution is 5.27. The Balaban J connectivity index is 1.17. The second-order valence-electron chi connectivity index (χ2n) is 9.00. The van der Waals surface area contributed by atoms with Crippen molar-refractivity contribution in [3.63, 3.8) is 0 Å². The van der Waals surface area contributed by atoms with Gasteiger partial charge in [-0.3, -0.25) is 4.90 Å². The van der Waals surface area contributed by atoms with Crippen molar-refractivity contribution in [2.75, 3.05) is 26.3 Å². The first-order chi connectivity index (χ1) is 14.7. The van der Waals surface area contributed by atoms with Crippen molar-refractivity contribution in [1.82, 2.24) is 15.0 Å². The van der Waals surface area contributed by atoms with E-state index in [4.69, 9.17) is 14.0 Å². The van der Waals surface area contributed by atoms with Crippen molar-refractivity contribution in [1.29, 1.82) is 0 Å². The van der Waals surface area contributed by atoms with E-state index < -0.39 is 0 Å². The summed E-state index contributed by atoms with van der Waals surface area (Å²) in [5, 5.41) is 4.22. The smallest absolute Gasteiger partial charge is 0.229 e. The van der Waals surface area contributed by atoms with E-state index in [0.29, 0.717) is 5.92 Å². The second kappa shape index (κ2) is 10.4. The van der Waals surface area contributed by atoms with Gasteiger partial charge in [-0.15, -0.1) is 0 Å². The summed E-state index contributed by atoms with van der Waals surface area (Å²) >= 11 is 0. The van der Waals surface area contributed by atoms with E-state index in [2.05, 4.69) is 53.2 Å².